The topological polar surface area (TPSA) is 56.8 Å². The molecule has 0 spiro atoms. The van der Waals surface area contributed by atoms with Crippen molar-refractivity contribution in [2.45, 2.75) is 19.4 Å². The molecule has 0 saturated carbocycles. The molecule has 2 aromatic heterocycles. The van der Waals surface area contributed by atoms with Gasteiger partial charge in [-0.05, 0) is 42.0 Å². The molecule has 148 valence electrons. The van der Waals surface area contributed by atoms with E-state index in [1.165, 1.54) is 16.9 Å². The van der Waals surface area contributed by atoms with Crippen molar-refractivity contribution in [1.82, 2.24) is 19.7 Å². The molecule has 2 saturated heterocycles. The largest absolute Gasteiger partial charge is 0.340 e. The number of piperazine rings is 1. The predicted octanol–water partition coefficient (Wildman–Crippen LogP) is 2.34. The Bertz CT molecular complexity index is 780. The molecule has 28 heavy (non-hydrogen) atoms. The molecule has 0 bridgehead atoms. The molecule has 2 aliphatic rings. The molecule has 6 nitrogen and oxygen atoms in total. The molecule has 4 heterocycles. The third-order valence-electron chi connectivity index (χ3n) is 5.70. The highest BCUT2D eigenvalue weighted by atomic mass is 32.1. The first-order valence-corrected chi connectivity index (χ1v) is 10.8. The lowest BCUT2D eigenvalue weighted by Gasteiger charge is -2.38. The first-order valence-electron chi connectivity index (χ1n) is 9.93. The molecule has 2 aliphatic heterocycles. The minimum Gasteiger partial charge on any atom is -0.340 e. The highest BCUT2D eigenvalue weighted by molar-refractivity contribution is 7.12. The maximum Gasteiger partial charge on any atom is 0.263 e. The highest BCUT2D eigenvalue weighted by Gasteiger charge is 2.32. The Morgan fingerprint density at radius 2 is 1.68 bits per heavy atom. The second-order valence-corrected chi connectivity index (χ2v) is 8.45. The van der Waals surface area contributed by atoms with E-state index >= 15 is 0 Å². The summed E-state index contributed by atoms with van der Waals surface area (Å²) in [6.07, 6.45) is 5.19. The van der Waals surface area contributed by atoms with E-state index < -0.39 is 0 Å². The monoisotopic (exact) mass is 398 g/mol. The minimum absolute atomic E-state index is 0.0548. The van der Waals surface area contributed by atoms with E-state index in [1.807, 2.05) is 51.8 Å². The molecular weight excluding hydrogens is 372 g/mol. The molecule has 0 N–H and O–H groups in total. The number of aromatic nitrogens is 1. The molecule has 0 unspecified atom stereocenters. The average molecular weight is 399 g/mol. The average Bonchev–Trinajstić information content (AvgIpc) is 3.29. The molecule has 0 atom stereocenters. The van der Waals surface area contributed by atoms with E-state index in [0.717, 1.165) is 50.4 Å². The predicted molar refractivity (Wildman–Crippen MR) is 109 cm³/mol. The second kappa shape index (κ2) is 8.84. The van der Waals surface area contributed by atoms with Crippen LogP contribution >= 0.6 is 11.3 Å². The summed E-state index contributed by atoms with van der Waals surface area (Å²) in [5, 5.41) is 1.93. The van der Waals surface area contributed by atoms with Gasteiger partial charge in [-0.25, -0.2) is 0 Å². The molecule has 2 amide bonds. The molecule has 2 aromatic rings. The van der Waals surface area contributed by atoms with Crippen LogP contribution in [0.25, 0.3) is 0 Å². The SMILES string of the molecule is O=C(c1cccs1)N1CCC(C(=O)N2CCN(Cc3ccncc3)CC2)CC1. The van der Waals surface area contributed by atoms with Crippen molar-refractivity contribution < 1.29 is 9.59 Å². The molecule has 0 radical (unpaired) electrons. The number of amides is 2. The third kappa shape index (κ3) is 4.42. The first kappa shape index (κ1) is 19.1. The van der Waals surface area contributed by atoms with E-state index in [4.69, 9.17) is 0 Å². The van der Waals surface area contributed by atoms with Gasteiger partial charge in [0.05, 0.1) is 4.88 Å². The van der Waals surface area contributed by atoms with Crippen molar-refractivity contribution >= 4 is 23.2 Å². The molecule has 0 aromatic carbocycles. The number of piperidine rings is 1. The van der Waals surface area contributed by atoms with Gasteiger partial charge in [0.1, 0.15) is 0 Å². The van der Waals surface area contributed by atoms with Gasteiger partial charge >= 0.3 is 0 Å². The number of carbonyl (C=O) groups is 2. The minimum atomic E-state index is 0.0548. The maximum atomic E-state index is 12.9. The fraction of sp³-hybridized carbons (Fsp3) is 0.476. The summed E-state index contributed by atoms with van der Waals surface area (Å²) >= 11 is 1.48. The first-order chi connectivity index (χ1) is 13.7. The molecule has 7 heteroatoms. The van der Waals surface area contributed by atoms with Crippen molar-refractivity contribution in [3.05, 3.63) is 52.5 Å². The summed E-state index contributed by atoms with van der Waals surface area (Å²) < 4.78 is 0. The lowest BCUT2D eigenvalue weighted by atomic mass is 9.94. The summed E-state index contributed by atoms with van der Waals surface area (Å²) in [6.45, 7) is 5.65. The smallest absolute Gasteiger partial charge is 0.263 e. The Morgan fingerprint density at radius 3 is 2.32 bits per heavy atom. The Morgan fingerprint density at radius 1 is 0.964 bits per heavy atom. The number of carbonyl (C=O) groups excluding carboxylic acids is 2. The summed E-state index contributed by atoms with van der Waals surface area (Å²) in [4.78, 5) is 36.5. The molecule has 2 fully saturated rings. The van der Waals surface area contributed by atoms with E-state index in [9.17, 15) is 9.59 Å². The fourth-order valence-corrected chi connectivity index (χ4v) is 4.71. The Balaban J connectivity index is 1.23. The van der Waals surface area contributed by atoms with Gasteiger partial charge in [0.25, 0.3) is 5.91 Å². The molecular formula is C21H26N4O2S. The third-order valence-corrected chi connectivity index (χ3v) is 6.56. The van der Waals surface area contributed by atoms with Gasteiger partial charge in [-0.2, -0.15) is 0 Å². The molecule has 4 rings (SSSR count). The van der Waals surface area contributed by atoms with Crippen LogP contribution in [0.15, 0.2) is 42.0 Å². The van der Waals surface area contributed by atoms with Crippen LogP contribution in [0.4, 0.5) is 0 Å². The van der Waals surface area contributed by atoms with Crippen LogP contribution in [0.3, 0.4) is 0 Å². The number of hydrogen-bond donors (Lipinski definition) is 0. The van der Waals surface area contributed by atoms with Gasteiger partial charge in [-0.3, -0.25) is 19.5 Å². The zero-order valence-corrected chi connectivity index (χ0v) is 16.8. The van der Waals surface area contributed by atoms with E-state index in [1.54, 1.807) is 0 Å². The summed E-state index contributed by atoms with van der Waals surface area (Å²) in [6, 6.07) is 7.86. The van der Waals surface area contributed by atoms with Crippen LogP contribution in [-0.2, 0) is 11.3 Å². The van der Waals surface area contributed by atoms with E-state index in [-0.39, 0.29) is 17.7 Å². The standard InChI is InChI=1S/C21H26N4O2S/c26-20(18-5-9-24(10-6-18)21(27)19-2-1-15-28-19)25-13-11-23(12-14-25)16-17-3-7-22-8-4-17/h1-4,7-8,15,18H,5-6,9-14,16H2. The zero-order valence-electron chi connectivity index (χ0n) is 16.0. The van der Waals surface area contributed by atoms with Crippen LogP contribution in [0.1, 0.15) is 28.1 Å². The lowest BCUT2D eigenvalue weighted by Crippen LogP contribution is -2.51. The van der Waals surface area contributed by atoms with E-state index in [0.29, 0.717) is 13.1 Å². The summed E-state index contributed by atoms with van der Waals surface area (Å²) in [5.41, 5.74) is 1.26. The van der Waals surface area contributed by atoms with Gasteiger partial charge in [0.2, 0.25) is 5.91 Å². The summed E-state index contributed by atoms with van der Waals surface area (Å²) in [7, 11) is 0. The number of hydrogen-bond acceptors (Lipinski definition) is 5. The molecule has 0 aliphatic carbocycles. The number of thiophene rings is 1. The maximum absolute atomic E-state index is 12.9. The highest BCUT2D eigenvalue weighted by Crippen LogP contribution is 2.23. The number of pyridine rings is 1. The van der Waals surface area contributed by atoms with Gasteiger partial charge in [0, 0.05) is 64.1 Å². The number of likely N-dealkylation sites (tertiary alicyclic amines) is 1. The van der Waals surface area contributed by atoms with Crippen LogP contribution in [0.5, 0.6) is 0 Å². The van der Waals surface area contributed by atoms with Crippen molar-refractivity contribution in [1.29, 1.82) is 0 Å². The van der Waals surface area contributed by atoms with Crippen LogP contribution in [0.2, 0.25) is 0 Å². The van der Waals surface area contributed by atoms with Crippen molar-refractivity contribution in [3.8, 4) is 0 Å². The normalized spacial score (nSPS) is 19.0. The quantitative estimate of drug-likeness (QED) is 0.793. The zero-order chi connectivity index (χ0) is 19.3. The van der Waals surface area contributed by atoms with E-state index in [2.05, 4.69) is 9.88 Å². The van der Waals surface area contributed by atoms with Gasteiger partial charge in [0.15, 0.2) is 0 Å². The van der Waals surface area contributed by atoms with Crippen LogP contribution < -0.4 is 0 Å². The van der Waals surface area contributed by atoms with Crippen molar-refractivity contribution in [2.24, 2.45) is 5.92 Å². The Hall–Kier alpha value is -2.25. The van der Waals surface area contributed by atoms with Gasteiger partial charge < -0.3 is 9.80 Å². The summed E-state index contributed by atoms with van der Waals surface area (Å²) in [5.74, 6) is 0.427. The van der Waals surface area contributed by atoms with Crippen LogP contribution in [0, 0.1) is 5.92 Å². The Kier molecular flexibility index (Phi) is 6.02. The van der Waals surface area contributed by atoms with Gasteiger partial charge in [-0.15, -0.1) is 11.3 Å². The number of rotatable bonds is 4. The van der Waals surface area contributed by atoms with Crippen LogP contribution in [-0.4, -0.2) is 70.8 Å². The fourth-order valence-electron chi connectivity index (χ4n) is 4.02. The van der Waals surface area contributed by atoms with Crippen molar-refractivity contribution in [2.75, 3.05) is 39.3 Å². The van der Waals surface area contributed by atoms with Crippen molar-refractivity contribution in [3.63, 3.8) is 0 Å². The van der Waals surface area contributed by atoms with Gasteiger partial charge in [-0.1, -0.05) is 6.07 Å². The number of nitrogens with zero attached hydrogens (tertiary/aromatic N) is 4. The lowest BCUT2D eigenvalue weighted by molar-refractivity contribution is -0.138. The Labute approximate surface area is 169 Å². The second-order valence-electron chi connectivity index (χ2n) is 7.50.